The second-order valence-corrected chi connectivity index (χ2v) is 11.4. The molecular weight excluding hydrogens is 683 g/mol. The van der Waals surface area contributed by atoms with E-state index in [2.05, 4.69) is 27.9 Å². The number of carbonyl (C=O) groups excluding carboxylic acids is 3. The topological polar surface area (TPSA) is 103 Å². The van der Waals surface area contributed by atoms with Gasteiger partial charge in [0.25, 0.3) is 11.1 Å². The van der Waals surface area contributed by atoms with Crippen LogP contribution in [0.25, 0.3) is 6.08 Å². The number of fused-ring (bicyclic) bond motifs is 1. The summed E-state index contributed by atoms with van der Waals surface area (Å²) in [7, 11) is 0. The van der Waals surface area contributed by atoms with Crippen molar-refractivity contribution in [3.8, 4) is 23.0 Å². The van der Waals surface area contributed by atoms with Gasteiger partial charge in [0.2, 0.25) is 5.91 Å². The van der Waals surface area contributed by atoms with Crippen molar-refractivity contribution in [2.75, 3.05) is 31.7 Å². The lowest BCUT2D eigenvalue weighted by Crippen LogP contribution is -2.36. The number of benzene rings is 3. The summed E-state index contributed by atoms with van der Waals surface area (Å²) in [5, 5.41) is 2.82. The Bertz CT molecular complexity index is 1530. The maximum absolute atomic E-state index is 13.1. The van der Waals surface area contributed by atoms with Crippen molar-refractivity contribution in [1.29, 1.82) is 0 Å². The zero-order valence-electron chi connectivity index (χ0n) is 21.8. The number of hydrogen-bond donors (Lipinski definition) is 1. The van der Waals surface area contributed by atoms with Crippen molar-refractivity contribution in [1.82, 2.24) is 4.90 Å². The molecule has 9 nitrogen and oxygen atoms in total. The molecule has 41 heavy (non-hydrogen) atoms. The van der Waals surface area contributed by atoms with Gasteiger partial charge in [0.15, 0.2) is 23.0 Å². The van der Waals surface area contributed by atoms with Gasteiger partial charge < -0.3 is 24.3 Å². The molecule has 2 heterocycles. The number of nitrogens with zero attached hydrogens (tertiary/aromatic N) is 1. The third-order valence-electron chi connectivity index (χ3n) is 5.93. The Morgan fingerprint density at radius 3 is 2.59 bits per heavy atom. The van der Waals surface area contributed by atoms with Crippen LogP contribution in [0, 0.1) is 3.57 Å². The molecule has 2 aliphatic rings. The van der Waals surface area contributed by atoms with Gasteiger partial charge in [-0.15, -0.1) is 0 Å². The summed E-state index contributed by atoms with van der Waals surface area (Å²) in [5.41, 5.74) is 2.07. The van der Waals surface area contributed by atoms with E-state index in [9.17, 15) is 14.4 Å². The zero-order chi connectivity index (χ0) is 28.9. The van der Waals surface area contributed by atoms with Crippen LogP contribution in [0.4, 0.5) is 10.5 Å². The summed E-state index contributed by atoms with van der Waals surface area (Å²) in [6.45, 7) is 3.04. The van der Waals surface area contributed by atoms with E-state index in [1.165, 1.54) is 0 Å². The maximum Gasteiger partial charge on any atom is 0.294 e. The number of imide groups is 1. The highest BCUT2D eigenvalue weighted by atomic mass is 127. The molecule has 0 aromatic heterocycles. The van der Waals surface area contributed by atoms with Crippen LogP contribution in [0.3, 0.4) is 0 Å². The molecule has 0 spiro atoms. The second-order valence-electron chi connectivity index (χ2n) is 8.85. The molecule has 0 bridgehead atoms. The second kappa shape index (κ2) is 13.0. The van der Waals surface area contributed by atoms with Gasteiger partial charge in [-0.2, -0.15) is 0 Å². The van der Waals surface area contributed by atoms with Crippen LogP contribution in [-0.2, 0) is 16.2 Å². The fourth-order valence-corrected chi connectivity index (χ4v) is 5.81. The zero-order valence-corrected chi connectivity index (χ0v) is 25.5. The molecule has 212 valence electrons. The molecule has 2 aliphatic heterocycles. The Hall–Kier alpha value is -3.42. The Balaban J connectivity index is 1.27. The molecule has 0 aliphatic carbocycles. The van der Waals surface area contributed by atoms with Crippen LogP contribution in [0.15, 0.2) is 59.5 Å². The lowest BCUT2D eigenvalue weighted by Gasteiger charge is -2.19. The predicted octanol–water partition coefficient (Wildman–Crippen LogP) is 6.37. The summed E-state index contributed by atoms with van der Waals surface area (Å²) in [4.78, 5) is 39.5. The molecular formula is C29H24ClIN2O7S. The van der Waals surface area contributed by atoms with Crippen LogP contribution < -0.4 is 24.3 Å². The number of anilines is 1. The van der Waals surface area contributed by atoms with Crippen molar-refractivity contribution >= 4 is 74.8 Å². The summed E-state index contributed by atoms with van der Waals surface area (Å²) < 4.78 is 23.7. The Kier molecular flexibility index (Phi) is 9.25. The number of hydrogen-bond acceptors (Lipinski definition) is 8. The first-order valence-electron chi connectivity index (χ1n) is 12.6. The van der Waals surface area contributed by atoms with Crippen molar-refractivity contribution in [3.05, 3.63) is 79.2 Å². The van der Waals surface area contributed by atoms with Gasteiger partial charge in [-0.05, 0) is 94.9 Å². The van der Waals surface area contributed by atoms with Gasteiger partial charge in [0.05, 0.1) is 15.1 Å². The molecule has 0 radical (unpaired) electrons. The van der Waals surface area contributed by atoms with E-state index in [4.69, 9.17) is 30.5 Å². The van der Waals surface area contributed by atoms with Crippen LogP contribution in [0.1, 0.15) is 18.1 Å². The van der Waals surface area contributed by atoms with E-state index in [-0.39, 0.29) is 4.91 Å². The van der Waals surface area contributed by atoms with Gasteiger partial charge in [0.1, 0.15) is 26.4 Å². The fraction of sp³-hybridized carbons (Fsp3) is 0.207. The fourth-order valence-electron chi connectivity index (χ4n) is 4.06. The van der Waals surface area contributed by atoms with E-state index in [1.54, 1.807) is 42.5 Å². The van der Waals surface area contributed by atoms with E-state index in [1.807, 2.05) is 25.1 Å². The minimum Gasteiger partial charge on any atom is -0.490 e. The smallest absolute Gasteiger partial charge is 0.294 e. The standard InChI is InChI=1S/C29H24ClIN2O7S/c1-2-37-24-12-18(11-21(31)27(24)40-16-17-3-5-19(30)6-4-17)13-25-28(35)33(29(36)41-25)15-26(34)32-20-7-8-22-23(14-20)39-10-9-38-22/h3-8,11-14H,2,9-10,15-16H2,1H3,(H,32,34)/b25-13-. The lowest BCUT2D eigenvalue weighted by atomic mass is 10.1. The summed E-state index contributed by atoms with van der Waals surface area (Å²) in [6.07, 6.45) is 1.61. The quantitative estimate of drug-likeness (QED) is 0.203. The van der Waals surface area contributed by atoms with Crippen LogP contribution in [0.2, 0.25) is 5.02 Å². The van der Waals surface area contributed by atoms with E-state index >= 15 is 0 Å². The minimum absolute atomic E-state index is 0.204. The number of ether oxygens (including phenoxy) is 4. The Morgan fingerprint density at radius 2 is 1.83 bits per heavy atom. The highest BCUT2D eigenvalue weighted by molar-refractivity contribution is 14.1. The largest absolute Gasteiger partial charge is 0.490 e. The average molecular weight is 707 g/mol. The molecule has 0 atom stereocenters. The number of amides is 3. The molecule has 5 rings (SSSR count). The maximum atomic E-state index is 13.1. The molecule has 3 aromatic rings. The molecule has 12 heteroatoms. The normalized spacial score (nSPS) is 15.3. The molecule has 1 fully saturated rings. The molecule has 1 N–H and O–H groups in total. The third kappa shape index (κ3) is 7.08. The number of rotatable bonds is 9. The molecule has 0 saturated carbocycles. The summed E-state index contributed by atoms with van der Waals surface area (Å²) in [6, 6.07) is 16.0. The highest BCUT2D eigenvalue weighted by Gasteiger charge is 2.36. The van der Waals surface area contributed by atoms with Gasteiger partial charge in [0, 0.05) is 16.8 Å². The first-order chi connectivity index (χ1) is 19.8. The van der Waals surface area contributed by atoms with Crippen molar-refractivity contribution < 1.29 is 33.3 Å². The minimum atomic E-state index is -0.548. The number of carbonyl (C=O) groups is 3. The van der Waals surface area contributed by atoms with Gasteiger partial charge >= 0.3 is 0 Å². The average Bonchev–Trinajstić information content (AvgIpc) is 3.20. The van der Waals surface area contributed by atoms with Crippen LogP contribution in [0.5, 0.6) is 23.0 Å². The molecule has 3 aromatic carbocycles. The third-order valence-corrected chi connectivity index (χ3v) is 7.89. The van der Waals surface area contributed by atoms with Crippen molar-refractivity contribution in [2.45, 2.75) is 13.5 Å². The van der Waals surface area contributed by atoms with Crippen molar-refractivity contribution in [2.24, 2.45) is 0 Å². The van der Waals surface area contributed by atoms with Crippen LogP contribution >= 0.6 is 46.0 Å². The molecule has 1 saturated heterocycles. The molecule has 3 amide bonds. The predicted molar refractivity (Wildman–Crippen MR) is 165 cm³/mol. The first-order valence-corrected chi connectivity index (χ1v) is 14.9. The van der Waals surface area contributed by atoms with Gasteiger partial charge in [-0.3, -0.25) is 19.3 Å². The summed E-state index contributed by atoms with van der Waals surface area (Å²) >= 11 is 8.89. The van der Waals surface area contributed by atoms with Gasteiger partial charge in [-0.1, -0.05) is 23.7 Å². The number of thioether (sulfide) groups is 1. The van der Waals surface area contributed by atoms with E-state index in [0.29, 0.717) is 65.7 Å². The number of nitrogens with one attached hydrogen (secondary N) is 1. The molecule has 0 unspecified atom stereocenters. The highest BCUT2D eigenvalue weighted by Crippen LogP contribution is 2.38. The van der Waals surface area contributed by atoms with Crippen LogP contribution in [-0.4, -0.2) is 48.3 Å². The Morgan fingerprint density at radius 1 is 1.07 bits per heavy atom. The lowest BCUT2D eigenvalue weighted by molar-refractivity contribution is -0.127. The SMILES string of the molecule is CCOc1cc(/C=C2\SC(=O)N(CC(=O)Nc3ccc4c(c3)OCCO4)C2=O)cc(I)c1OCc1ccc(Cl)cc1. The van der Waals surface area contributed by atoms with Crippen molar-refractivity contribution in [3.63, 3.8) is 0 Å². The summed E-state index contributed by atoms with van der Waals surface area (Å²) in [5.74, 6) is 1.13. The first kappa shape index (κ1) is 29.1. The van der Waals surface area contributed by atoms with E-state index < -0.39 is 23.6 Å². The van der Waals surface area contributed by atoms with E-state index in [0.717, 1.165) is 25.8 Å². The van der Waals surface area contributed by atoms with Gasteiger partial charge in [-0.25, -0.2) is 0 Å². The monoisotopic (exact) mass is 706 g/mol. The number of halogens is 2. The Labute approximate surface area is 259 Å².